The second-order valence-corrected chi connectivity index (χ2v) is 6.01. The van der Waals surface area contributed by atoms with Gasteiger partial charge in [-0.25, -0.2) is 5.48 Å². The molecule has 0 spiro atoms. The highest BCUT2D eigenvalue weighted by Gasteiger charge is 2.13. The zero-order chi connectivity index (χ0) is 17.8. The summed E-state index contributed by atoms with van der Waals surface area (Å²) in [4.78, 5) is 14.1. The van der Waals surface area contributed by atoms with Gasteiger partial charge < -0.3 is 4.90 Å². The first-order chi connectivity index (χ1) is 12.1. The van der Waals surface area contributed by atoms with Crippen molar-refractivity contribution in [3.63, 3.8) is 0 Å². The summed E-state index contributed by atoms with van der Waals surface area (Å²) in [7, 11) is 4.01. The van der Waals surface area contributed by atoms with Gasteiger partial charge in [-0.3, -0.25) is 10.0 Å². The molecule has 1 amide bonds. The van der Waals surface area contributed by atoms with E-state index >= 15 is 0 Å². The minimum Gasteiger partial charge on any atom is -0.378 e. The number of nitrogens with zero attached hydrogens (tertiary/aromatic N) is 1. The molecule has 0 radical (unpaired) electrons. The van der Waals surface area contributed by atoms with Gasteiger partial charge in [-0.05, 0) is 46.5 Å². The third-order valence-electron chi connectivity index (χ3n) is 4.17. The van der Waals surface area contributed by atoms with Crippen LogP contribution in [0.1, 0.15) is 10.4 Å². The quantitative estimate of drug-likeness (QED) is 0.556. The summed E-state index contributed by atoms with van der Waals surface area (Å²) in [6, 6.07) is 23.5. The standard InChI is InChI=1S/C21H20N2O2/c1-23(2)18-11-8-15(9-12-18)17-10-13-19(21(24)22-25)20(14-17)16-6-4-3-5-7-16/h3-14,25H,1-2H3,(H,22,24). The van der Waals surface area contributed by atoms with Gasteiger partial charge in [0.25, 0.3) is 5.91 Å². The van der Waals surface area contributed by atoms with Crippen molar-refractivity contribution in [1.82, 2.24) is 5.48 Å². The van der Waals surface area contributed by atoms with E-state index in [0.29, 0.717) is 5.56 Å². The van der Waals surface area contributed by atoms with Crippen LogP contribution in [0, 0.1) is 0 Å². The van der Waals surface area contributed by atoms with Crippen LogP contribution >= 0.6 is 0 Å². The van der Waals surface area contributed by atoms with Gasteiger partial charge in [-0.2, -0.15) is 0 Å². The molecule has 126 valence electrons. The Morgan fingerprint density at radius 3 is 2.08 bits per heavy atom. The monoisotopic (exact) mass is 332 g/mol. The maximum Gasteiger partial charge on any atom is 0.275 e. The van der Waals surface area contributed by atoms with Gasteiger partial charge in [0.15, 0.2) is 0 Å². The fraction of sp³-hybridized carbons (Fsp3) is 0.0952. The summed E-state index contributed by atoms with van der Waals surface area (Å²) in [5, 5.41) is 9.02. The van der Waals surface area contributed by atoms with E-state index in [9.17, 15) is 4.79 Å². The molecule has 0 aliphatic carbocycles. The molecule has 2 N–H and O–H groups in total. The number of anilines is 1. The van der Waals surface area contributed by atoms with E-state index in [1.807, 2.05) is 61.5 Å². The first-order valence-corrected chi connectivity index (χ1v) is 8.02. The molecule has 0 aromatic heterocycles. The van der Waals surface area contributed by atoms with Crippen molar-refractivity contribution < 1.29 is 10.0 Å². The molecule has 4 heteroatoms. The lowest BCUT2D eigenvalue weighted by Crippen LogP contribution is -2.19. The number of hydrogen-bond acceptors (Lipinski definition) is 3. The first-order valence-electron chi connectivity index (χ1n) is 8.02. The van der Waals surface area contributed by atoms with Crippen molar-refractivity contribution in [2.24, 2.45) is 0 Å². The average molecular weight is 332 g/mol. The molecule has 0 saturated heterocycles. The summed E-state index contributed by atoms with van der Waals surface area (Å²) in [5.74, 6) is -0.520. The smallest absolute Gasteiger partial charge is 0.275 e. The Bertz CT molecular complexity index is 872. The van der Waals surface area contributed by atoms with Gasteiger partial charge in [0, 0.05) is 25.3 Å². The van der Waals surface area contributed by atoms with E-state index in [0.717, 1.165) is 27.9 Å². The zero-order valence-electron chi connectivity index (χ0n) is 14.2. The highest BCUT2D eigenvalue weighted by atomic mass is 16.5. The van der Waals surface area contributed by atoms with Crippen LogP contribution in [-0.2, 0) is 0 Å². The Labute approximate surface area is 147 Å². The molecule has 3 aromatic carbocycles. The number of benzene rings is 3. The molecule has 0 atom stereocenters. The Morgan fingerprint density at radius 2 is 1.48 bits per heavy atom. The Kier molecular flexibility index (Phi) is 4.82. The molecular formula is C21H20N2O2. The number of carbonyl (C=O) groups is 1. The fourth-order valence-corrected chi connectivity index (χ4v) is 2.79. The first kappa shape index (κ1) is 16.7. The third-order valence-corrected chi connectivity index (χ3v) is 4.17. The Balaban J connectivity index is 2.09. The van der Waals surface area contributed by atoms with Gasteiger partial charge in [0.2, 0.25) is 0 Å². The molecule has 0 fully saturated rings. The van der Waals surface area contributed by atoms with Crippen molar-refractivity contribution in [2.45, 2.75) is 0 Å². The lowest BCUT2D eigenvalue weighted by molar-refractivity contribution is 0.0707. The minimum absolute atomic E-state index is 0.433. The average Bonchev–Trinajstić information content (AvgIpc) is 2.67. The van der Waals surface area contributed by atoms with Crippen LogP contribution < -0.4 is 10.4 Å². The zero-order valence-corrected chi connectivity index (χ0v) is 14.2. The van der Waals surface area contributed by atoms with Gasteiger partial charge in [-0.15, -0.1) is 0 Å². The summed E-state index contributed by atoms with van der Waals surface area (Å²) >= 11 is 0. The third kappa shape index (κ3) is 3.54. The van der Waals surface area contributed by atoms with Crippen LogP contribution in [0.5, 0.6) is 0 Å². The largest absolute Gasteiger partial charge is 0.378 e. The molecule has 3 rings (SSSR count). The lowest BCUT2D eigenvalue weighted by atomic mass is 9.94. The summed E-state index contributed by atoms with van der Waals surface area (Å²) in [6.07, 6.45) is 0. The number of amides is 1. The maximum atomic E-state index is 12.0. The van der Waals surface area contributed by atoms with Gasteiger partial charge in [0.05, 0.1) is 0 Å². The molecule has 0 bridgehead atoms. The van der Waals surface area contributed by atoms with Gasteiger partial charge >= 0.3 is 0 Å². The van der Waals surface area contributed by atoms with E-state index in [1.165, 1.54) is 0 Å². The molecule has 0 aliphatic heterocycles. The van der Waals surface area contributed by atoms with E-state index in [4.69, 9.17) is 5.21 Å². The number of hydroxylamine groups is 1. The molecule has 0 saturated carbocycles. The molecule has 0 heterocycles. The summed E-state index contributed by atoms with van der Waals surface area (Å²) < 4.78 is 0. The molecule has 0 unspecified atom stereocenters. The fourth-order valence-electron chi connectivity index (χ4n) is 2.79. The summed E-state index contributed by atoms with van der Waals surface area (Å²) in [5.41, 5.74) is 7.07. The minimum atomic E-state index is -0.520. The predicted molar refractivity (Wildman–Crippen MR) is 101 cm³/mol. The Hall–Kier alpha value is -3.11. The van der Waals surface area contributed by atoms with Crippen LogP contribution in [0.4, 0.5) is 5.69 Å². The van der Waals surface area contributed by atoms with E-state index < -0.39 is 5.91 Å². The van der Waals surface area contributed by atoms with Crippen LogP contribution in [-0.4, -0.2) is 25.2 Å². The van der Waals surface area contributed by atoms with Crippen molar-refractivity contribution in [1.29, 1.82) is 0 Å². The van der Waals surface area contributed by atoms with Crippen LogP contribution in [0.2, 0.25) is 0 Å². The number of carbonyl (C=O) groups excluding carboxylic acids is 1. The van der Waals surface area contributed by atoms with Crippen molar-refractivity contribution in [2.75, 3.05) is 19.0 Å². The molecule has 4 nitrogen and oxygen atoms in total. The lowest BCUT2D eigenvalue weighted by Gasteiger charge is -2.14. The Morgan fingerprint density at radius 1 is 0.840 bits per heavy atom. The van der Waals surface area contributed by atoms with E-state index in [1.54, 1.807) is 11.5 Å². The maximum absolute atomic E-state index is 12.0. The van der Waals surface area contributed by atoms with Crippen LogP contribution in [0.25, 0.3) is 22.3 Å². The van der Waals surface area contributed by atoms with Crippen molar-refractivity contribution >= 4 is 11.6 Å². The number of rotatable bonds is 4. The molecule has 0 aliphatic rings. The normalized spacial score (nSPS) is 10.4. The highest BCUT2D eigenvalue weighted by molar-refractivity contribution is 6.01. The van der Waals surface area contributed by atoms with Crippen LogP contribution in [0.3, 0.4) is 0 Å². The second-order valence-electron chi connectivity index (χ2n) is 6.01. The molecule has 25 heavy (non-hydrogen) atoms. The van der Waals surface area contributed by atoms with Gasteiger partial charge in [0.1, 0.15) is 0 Å². The predicted octanol–water partition coefficient (Wildman–Crippen LogP) is 4.21. The topological polar surface area (TPSA) is 52.6 Å². The highest BCUT2D eigenvalue weighted by Crippen LogP contribution is 2.30. The molecule has 3 aromatic rings. The van der Waals surface area contributed by atoms with E-state index in [-0.39, 0.29) is 0 Å². The summed E-state index contributed by atoms with van der Waals surface area (Å²) in [6.45, 7) is 0. The molecular weight excluding hydrogens is 312 g/mol. The van der Waals surface area contributed by atoms with Crippen molar-refractivity contribution in [3.8, 4) is 22.3 Å². The van der Waals surface area contributed by atoms with Crippen LogP contribution in [0.15, 0.2) is 72.8 Å². The van der Waals surface area contributed by atoms with Crippen molar-refractivity contribution in [3.05, 3.63) is 78.4 Å². The van der Waals surface area contributed by atoms with Gasteiger partial charge in [-0.1, -0.05) is 48.5 Å². The number of hydrogen-bond donors (Lipinski definition) is 2. The van der Waals surface area contributed by atoms with E-state index in [2.05, 4.69) is 24.3 Å². The second kappa shape index (κ2) is 7.20. The number of nitrogens with one attached hydrogen (secondary N) is 1. The SMILES string of the molecule is CN(C)c1ccc(-c2ccc(C(=O)NO)c(-c3ccccc3)c2)cc1.